The third-order valence-electron chi connectivity index (χ3n) is 8.22. The monoisotopic (exact) mass is 478 g/mol. The fourth-order valence-electron chi connectivity index (χ4n) is 6.06. The normalized spacial score (nSPS) is 25.3. The molecule has 3 saturated carbocycles. The second-order valence-electron chi connectivity index (χ2n) is 10.1. The minimum atomic E-state index is -1.30. The third-order valence-corrected chi connectivity index (χ3v) is 8.22. The molecule has 2 amide bonds. The van der Waals surface area contributed by atoms with Crippen LogP contribution in [0.25, 0.3) is 11.1 Å². The highest BCUT2D eigenvalue weighted by atomic mass is 16.5. The zero-order valence-corrected chi connectivity index (χ0v) is 19.5. The van der Waals surface area contributed by atoms with Crippen LogP contribution in [-0.2, 0) is 14.3 Å². The minimum Gasteiger partial charge on any atom is -0.480 e. The van der Waals surface area contributed by atoms with E-state index in [-0.39, 0.29) is 18.4 Å². The molecule has 0 saturated heterocycles. The Morgan fingerprint density at radius 1 is 0.914 bits per heavy atom. The van der Waals surface area contributed by atoms with Gasteiger partial charge in [-0.25, -0.2) is 9.59 Å². The van der Waals surface area contributed by atoms with Crippen molar-refractivity contribution in [3.63, 3.8) is 0 Å². The minimum absolute atomic E-state index is 0.00610. The molecule has 184 valence electrons. The molecule has 4 N–H and O–H groups in total. The molecule has 0 spiro atoms. The Kier molecular flexibility index (Phi) is 6.01. The van der Waals surface area contributed by atoms with Gasteiger partial charge in [-0.2, -0.15) is 0 Å². The van der Waals surface area contributed by atoms with Crippen LogP contribution in [0.15, 0.2) is 48.5 Å². The van der Waals surface area contributed by atoms with Crippen LogP contribution in [-0.4, -0.2) is 53.0 Å². The number of aliphatic hydroxyl groups excluding tert-OH is 1. The molecule has 0 radical (unpaired) electrons. The number of aliphatic carboxylic acids is 1. The van der Waals surface area contributed by atoms with Crippen LogP contribution in [0.4, 0.5) is 4.79 Å². The predicted octanol–water partition coefficient (Wildman–Crippen LogP) is 3.18. The van der Waals surface area contributed by atoms with E-state index in [4.69, 9.17) is 9.84 Å². The Bertz CT molecular complexity index is 1090. The van der Waals surface area contributed by atoms with E-state index >= 15 is 0 Å². The Labute approximate surface area is 203 Å². The van der Waals surface area contributed by atoms with Crippen LogP contribution in [0.2, 0.25) is 0 Å². The molecule has 3 fully saturated rings. The van der Waals surface area contributed by atoms with Gasteiger partial charge in [-0.1, -0.05) is 48.5 Å². The summed E-state index contributed by atoms with van der Waals surface area (Å²) >= 11 is 0. The number of carbonyl (C=O) groups is 3. The molecule has 35 heavy (non-hydrogen) atoms. The number of carboxylic acid groups (broad SMARTS) is 1. The van der Waals surface area contributed by atoms with Crippen molar-refractivity contribution >= 4 is 18.0 Å². The van der Waals surface area contributed by atoms with Crippen molar-refractivity contribution in [3.8, 4) is 11.1 Å². The second kappa shape index (κ2) is 9.00. The average molecular weight is 479 g/mol. The lowest BCUT2D eigenvalue weighted by atomic mass is 9.57. The van der Waals surface area contributed by atoms with E-state index in [0.29, 0.717) is 38.5 Å². The van der Waals surface area contributed by atoms with Crippen molar-refractivity contribution in [3.05, 3.63) is 59.7 Å². The molecule has 2 bridgehead atoms. The maximum atomic E-state index is 12.8. The Morgan fingerprint density at radius 2 is 1.46 bits per heavy atom. The molecule has 6 rings (SSSR count). The van der Waals surface area contributed by atoms with E-state index in [1.54, 1.807) is 0 Å². The van der Waals surface area contributed by atoms with Gasteiger partial charge in [-0.15, -0.1) is 0 Å². The summed E-state index contributed by atoms with van der Waals surface area (Å²) in [5.74, 6) is -1.59. The molecule has 2 aromatic rings. The lowest BCUT2D eigenvalue weighted by molar-refractivity contribution is -0.147. The molecule has 2 aromatic carbocycles. The maximum Gasteiger partial charge on any atom is 0.407 e. The molecule has 0 aliphatic heterocycles. The summed E-state index contributed by atoms with van der Waals surface area (Å²) in [5, 5.41) is 23.9. The zero-order chi connectivity index (χ0) is 24.6. The number of hydrogen-bond acceptors (Lipinski definition) is 5. The zero-order valence-electron chi connectivity index (χ0n) is 19.5. The molecule has 4 aliphatic rings. The fourth-order valence-corrected chi connectivity index (χ4v) is 6.06. The first-order valence-electron chi connectivity index (χ1n) is 12.1. The van der Waals surface area contributed by atoms with E-state index in [2.05, 4.69) is 34.9 Å². The number of amides is 2. The summed E-state index contributed by atoms with van der Waals surface area (Å²) in [4.78, 5) is 36.9. The van der Waals surface area contributed by atoms with Crippen LogP contribution >= 0.6 is 0 Å². The van der Waals surface area contributed by atoms with Crippen LogP contribution in [0, 0.1) is 5.41 Å². The van der Waals surface area contributed by atoms with Gasteiger partial charge in [-0.05, 0) is 60.8 Å². The number of rotatable bonds is 7. The number of carbonyl (C=O) groups excluding carboxylic acids is 2. The van der Waals surface area contributed by atoms with Gasteiger partial charge in [0.1, 0.15) is 12.6 Å². The summed E-state index contributed by atoms with van der Waals surface area (Å²) in [6.45, 7) is -0.398. The molecule has 8 heteroatoms. The van der Waals surface area contributed by atoms with Crippen LogP contribution in [0.3, 0.4) is 0 Å². The van der Waals surface area contributed by atoms with E-state index in [1.807, 2.05) is 24.3 Å². The fraction of sp³-hybridized carbons (Fsp3) is 0.444. The number of aliphatic hydroxyl groups is 1. The maximum absolute atomic E-state index is 12.8. The van der Waals surface area contributed by atoms with Crippen molar-refractivity contribution < 1.29 is 29.3 Å². The SMILES string of the molecule is O=C(NC12CCC(C(=O)NC(CO)C(=O)O)(CC1)CC2)OCC1c2ccccc2-c2ccccc21. The van der Waals surface area contributed by atoms with E-state index in [1.165, 1.54) is 11.1 Å². The molecule has 0 heterocycles. The third kappa shape index (κ3) is 4.16. The molecule has 4 aliphatic carbocycles. The number of alkyl carbamates (subject to hydrolysis) is 1. The van der Waals surface area contributed by atoms with Gasteiger partial charge in [0.25, 0.3) is 0 Å². The summed E-state index contributed by atoms with van der Waals surface area (Å²) in [6.07, 6.45) is 3.10. The molecule has 1 atom stereocenters. The number of fused-ring (bicyclic) bond motifs is 6. The molecule has 0 aromatic heterocycles. The highest BCUT2D eigenvalue weighted by molar-refractivity contribution is 5.88. The van der Waals surface area contributed by atoms with Crippen molar-refractivity contribution in [2.45, 2.75) is 56.0 Å². The van der Waals surface area contributed by atoms with Gasteiger partial charge in [0.05, 0.1) is 6.61 Å². The van der Waals surface area contributed by atoms with Crippen molar-refractivity contribution in [2.75, 3.05) is 13.2 Å². The Hall–Kier alpha value is -3.39. The quantitative estimate of drug-likeness (QED) is 0.484. The first kappa shape index (κ1) is 23.4. The van der Waals surface area contributed by atoms with Gasteiger partial charge in [0.2, 0.25) is 5.91 Å². The number of hydrogen-bond donors (Lipinski definition) is 4. The van der Waals surface area contributed by atoms with Gasteiger partial charge >= 0.3 is 12.1 Å². The summed E-state index contributed by atoms with van der Waals surface area (Å²) in [6, 6.07) is 15.1. The van der Waals surface area contributed by atoms with Crippen LogP contribution < -0.4 is 10.6 Å². The first-order valence-corrected chi connectivity index (χ1v) is 12.1. The van der Waals surface area contributed by atoms with Gasteiger partial charge in [0.15, 0.2) is 0 Å². The van der Waals surface area contributed by atoms with Crippen molar-refractivity contribution in [1.82, 2.24) is 10.6 Å². The lowest BCUT2D eigenvalue weighted by Crippen LogP contribution is -2.61. The van der Waals surface area contributed by atoms with E-state index in [0.717, 1.165) is 11.1 Å². The highest BCUT2D eigenvalue weighted by Gasteiger charge is 2.53. The highest BCUT2D eigenvalue weighted by Crippen LogP contribution is 2.52. The molecular formula is C27H30N2O6. The Morgan fingerprint density at radius 3 is 1.97 bits per heavy atom. The first-order chi connectivity index (χ1) is 16.9. The Balaban J connectivity index is 1.19. The molecule has 8 nitrogen and oxygen atoms in total. The molecule has 1 unspecified atom stereocenters. The lowest BCUT2D eigenvalue weighted by Gasteiger charge is -2.52. The van der Waals surface area contributed by atoms with E-state index in [9.17, 15) is 19.5 Å². The topological polar surface area (TPSA) is 125 Å². The standard InChI is InChI=1S/C27H30N2O6/c30-15-22(23(31)32)28-24(33)26-9-12-27(13-10-26,14-11-26)29-25(34)35-16-21-19-7-3-1-5-17(19)18-6-2-4-8-20(18)21/h1-8,21-22,30H,9-16H2,(H,28,33)(H,29,34)(H,31,32). The number of ether oxygens (including phenoxy) is 1. The molecular weight excluding hydrogens is 448 g/mol. The van der Waals surface area contributed by atoms with Crippen LogP contribution in [0.1, 0.15) is 55.6 Å². The summed E-state index contributed by atoms with van der Waals surface area (Å²) < 4.78 is 5.73. The van der Waals surface area contributed by atoms with Crippen molar-refractivity contribution in [1.29, 1.82) is 0 Å². The summed E-state index contributed by atoms with van der Waals surface area (Å²) in [7, 11) is 0. The van der Waals surface area contributed by atoms with Crippen molar-refractivity contribution in [2.24, 2.45) is 5.41 Å². The smallest absolute Gasteiger partial charge is 0.407 e. The second-order valence-corrected chi connectivity index (χ2v) is 10.1. The predicted molar refractivity (Wildman–Crippen MR) is 128 cm³/mol. The average Bonchev–Trinajstić information content (AvgIpc) is 3.20. The van der Waals surface area contributed by atoms with E-state index < -0.39 is 35.7 Å². The number of benzene rings is 2. The largest absolute Gasteiger partial charge is 0.480 e. The van der Waals surface area contributed by atoms with Gasteiger partial charge in [-0.3, -0.25) is 4.79 Å². The van der Waals surface area contributed by atoms with Crippen LogP contribution in [0.5, 0.6) is 0 Å². The van der Waals surface area contributed by atoms with Gasteiger partial charge < -0.3 is 25.6 Å². The summed E-state index contributed by atoms with van der Waals surface area (Å²) in [5.41, 5.74) is 3.62. The number of nitrogens with one attached hydrogen (secondary N) is 2. The number of carboxylic acids is 1. The van der Waals surface area contributed by atoms with Gasteiger partial charge in [0, 0.05) is 16.9 Å².